The highest BCUT2D eigenvalue weighted by Gasteiger charge is 2.21. The normalized spacial score (nSPS) is 14.5. The number of thiazole rings is 1. The van der Waals surface area contributed by atoms with Crippen molar-refractivity contribution in [3.05, 3.63) is 90.0 Å². The van der Waals surface area contributed by atoms with Crippen molar-refractivity contribution < 1.29 is 9.59 Å². The van der Waals surface area contributed by atoms with E-state index in [0.29, 0.717) is 17.3 Å². The van der Waals surface area contributed by atoms with Crippen molar-refractivity contribution in [2.75, 3.05) is 23.7 Å². The molecule has 0 radical (unpaired) electrons. The molecule has 5 rings (SSSR count). The molecule has 184 valence electrons. The van der Waals surface area contributed by atoms with Gasteiger partial charge in [0.2, 0.25) is 0 Å². The van der Waals surface area contributed by atoms with Crippen molar-refractivity contribution in [2.24, 2.45) is 0 Å². The van der Waals surface area contributed by atoms with E-state index in [-0.39, 0.29) is 0 Å². The van der Waals surface area contributed by atoms with Gasteiger partial charge in [-0.25, -0.2) is 14.1 Å². The molecule has 1 aliphatic heterocycles. The van der Waals surface area contributed by atoms with Crippen LogP contribution in [0.3, 0.4) is 0 Å². The molecular formula is C27H27N5O2S2. The number of amides is 3. The van der Waals surface area contributed by atoms with Crippen LogP contribution in [0.1, 0.15) is 28.8 Å². The minimum absolute atomic E-state index is 0.387. The number of carbonyl (C=O) groups excluding carboxylic acids is 2. The topological polar surface area (TPSA) is 77.6 Å². The highest BCUT2D eigenvalue weighted by atomic mass is 32.1. The van der Waals surface area contributed by atoms with Crippen LogP contribution >= 0.6 is 24.2 Å². The lowest BCUT2D eigenvalue weighted by molar-refractivity contribution is 0.0902. The van der Waals surface area contributed by atoms with E-state index < -0.39 is 11.9 Å². The summed E-state index contributed by atoms with van der Waals surface area (Å²) >= 11 is 5.66. The first-order valence-corrected chi connectivity index (χ1v) is 13.1. The maximum atomic E-state index is 12.6. The largest absolute Gasteiger partial charge is 0.359 e. The minimum atomic E-state index is -0.614. The van der Waals surface area contributed by atoms with Crippen molar-refractivity contribution in [3.8, 4) is 0 Å². The van der Waals surface area contributed by atoms with Crippen molar-refractivity contribution >= 4 is 57.1 Å². The van der Waals surface area contributed by atoms with Gasteiger partial charge < -0.3 is 10.6 Å². The third kappa shape index (κ3) is 5.87. The monoisotopic (exact) mass is 517 g/mol. The van der Waals surface area contributed by atoms with E-state index in [0.717, 1.165) is 52.1 Å². The SMILES string of the molecule is O=C(Nc1ccc2nc(NC3CCN(Cc4ccccc4)CC3)sc2c1)N(S)C(=O)c1ccccc1. The first-order chi connectivity index (χ1) is 17.5. The standard InChI is InChI=1S/C27H27N5O2S2/c33-25(20-9-5-2-6-10-20)32(35)27(34)29-22-11-12-23-24(17-22)36-26(30-23)28-21-13-15-31(16-14-21)18-19-7-3-1-4-8-19/h1-12,17,21,35H,13-16,18H2,(H,28,30)(H,29,34). The van der Waals surface area contributed by atoms with Crippen molar-refractivity contribution in [3.63, 3.8) is 0 Å². The number of fused-ring (bicyclic) bond motifs is 1. The van der Waals surface area contributed by atoms with Crippen LogP contribution in [0.25, 0.3) is 10.2 Å². The number of piperidine rings is 1. The Labute approximate surface area is 219 Å². The Hall–Kier alpha value is -3.40. The van der Waals surface area contributed by atoms with Crippen molar-refractivity contribution in [2.45, 2.75) is 25.4 Å². The summed E-state index contributed by atoms with van der Waals surface area (Å²) < 4.78 is 1.74. The molecule has 7 nitrogen and oxygen atoms in total. The summed E-state index contributed by atoms with van der Waals surface area (Å²) in [7, 11) is 0. The van der Waals surface area contributed by atoms with Gasteiger partial charge in [-0.2, -0.15) is 0 Å². The van der Waals surface area contributed by atoms with E-state index in [2.05, 4.69) is 58.7 Å². The number of urea groups is 1. The first-order valence-electron chi connectivity index (χ1n) is 11.9. The summed E-state index contributed by atoms with van der Waals surface area (Å²) in [5.41, 5.74) is 3.19. The Bertz CT molecular complexity index is 1340. The maximum absolute atomic E-state index is 12.6. The van der Waals surface area contributed by atoms with Gasteiger partial charge in [0, 0.05) is 36.9 Å². The average molecular weight is 518 g/mol. The summed E-state index contributed by atoms with van der Waals surface area (Å²) in [6.45, 7) is 3.09. The molecule has 0 saturated carbocycles. The van der Waals surface area contributed by atoms with Gasteiger partial charge in [0.25, 0.3) is 5.91 Å². The quantitative estimate of drug-likeness (QED) is 0.278. The number of nitrogens with one attached hydrogen (secondary N) is 2. The molecule has 3 aromatic carbocycles. The van der Waals surface area contributed by atoms with Crippen LogP contribution in [0, 0.1) is 0 Å². The number of hydrogen-bond donors (Lipinski definition) is 3. The molecular weight excluding hydrogens is 490 g/mol. The smallest absolute Gasteiger partial charge is 0.338 e. The molecule has 4 aromatic rings. The second-order valence-electron chi connectivity index (χ2n) is 8.80. The van der Waals surface area contributed by atoms with Gasteiger partial charge >= 0.3 is 6.03 Å². The number of thiol groups is 1. The van der Waals surface area contributed by atoms with Crippen LogP contribution < -0.4 is 10.6 Å². The second kappa shape index (κ2) is 11.1. The number of nitrogens with zero attached hydrogens (tertiary/aromatic N) is 3. The number of hydrogen-bond acceptors (Lipinski definition) is 7. The lowest BCUT2D eigenvalue weighted by atomic mass is 10.0. The van der Waals surface area contributed by atoms with E-state index >= 15 is 0 Å². The number of aromatic nitrogens is 1. The molecule has 1 aliphatic rings. The van der Waals surface area contributed by atoms with E-state index in [1.54, 1.807) is 41.7 Å². The molecule has 1 fully saturated rings. The molecule has 0 aliphatic carbocycles. The minimum Gasteiger partial charge on any atom is -0.359 e. The van der Waals surface area contributed by atoms with Crippen LogP contribution in [0.4, 0.5) is 15.6 Å². The maximum Gasteiger partial charge on any atom is 0.338 e. The Kier molecular flexibility index (Phi) is 7.50. The Morgan fingerprint density at radius 2 is 1.69 bits per heavy atom. The van der Waals surface area contributed by atoms with Gasteiger partial charge in [0.05, 0.1) is 10.2 Å². The predicted octanol–water partition coefficient (Wildman–Crippen LogP) is 5.89. The zero-order valence-electron chi connectivity index (χ0n) is 19.6. The Balaban J connectivity index is 1.16. The number of imide groups is 1. The Morgan fingerprint density at radius 1 is 1.00 bits per heavy atom. The average Bonchev–Trinajstić information content (AvgIpc) is 3.31. The summed E-state index contributed by atoms with van der Waals surface area (Å²) in [4.78, 5) is 32.2. The van der Waals surface area contributed by atoms with Gasteiger partial charge in [-0.1, -0.05) is 72.7 Å². The fourth-order valence-electron chi connectivity index (χ4n) is 4.29. The third-order valence-electron chi connectivity index (χ3n) is 6.21. The molecule has 2 N–H and O–H groups in total. The number of carbonyl (C=O) groups is 2. The summed E-state index contributed by atoms with van der Waals surface area (Å²) in [5.74, 6) is -0.489. The van der Waals surface area contributed by atoms with Crippen LogP contribution in [-0.2, 0) is 6.54 Å². The highest BCUT2D eigenvalue weighted by molar-refractivity contribution is 7.79. The summed E-state index contributed by atoms with van der Waals surface area (Å²) in [6, 6.07) is 24.5. The van der Waals surface area contributed by atoms with Crippen molar-refractivity contribution in [1.29, 1.82) is 0 Å². The Morgan fingerprint density at radius 3 is 2.42 bits per heavy atom. The summed E-state index contributed by atoms with van der Waals surface area (Å²) in [5, 5.41) is 7.22. The molecule has 0 spiro atoms. The molecule has 0 atom stereocenters. The van der Waals surface area contributed by atoms with E-state index in [1.807, 2.05) is 18.2 Å². The molecule has 36 heavy (non-hydrogen) atoms. The van der Waals surface area contributed by atoms with E-state index in [1.165, 1.54) is 5.56 Å². The fourth-order valence-corrected chi connectivity index (χ4v) is 5.43. The van der Waals surface area contributed by atoms with Crippen LogP contribution in [-0.4, -0.2) is 45.3 Å². The van der Waals surface area contributed by atoms with Gasteiger partial charge in [0.15, 0.2) is 5.13 Å². The number of benzene rings is 3. The second-order valence-corrected chi connectivity index (χ2v) is 10.2. The molecule has 2 heterocycles. The molecule has 1 aromatic heterocycles. The van der Waals surface area contributed by atoms with Crippen LogP contribution in [0.5, 0.6) is 0 Å². The highest BCUT2D eigenvalue weighted by Crippen LogP contribution is 2.30. The van der Waals surface area contributed by atoms with Crippen LogP contribution in [0.15, 0.2) is 78.9 Å². The number of likely N-dealkylation sites (tertiary alicyclic amines) is 1. The molecule has 0 unspecified atom stereocenters. The van der Waals surface area contributed by atoms with Gasteiger partial charge in [-0.3, -0.25) is 9.69 Å². The lowest BCUT2D eigenvalue weighted by Crippen LogP contribution is -2.38. The zero-order valence-corrected chi connectivity index (χ0v) is 21.3. The lowest BCUT2D eigenvalue weighted by Gasteiger charge is -2.32. The van der Waals surface area contributed by atoms with Crippen LogP contribution in [0.2, 0.25) is 0 Å². The van der Waals surface area contributed by atoms with Gasteiger partial charge in [-0.15, -0.1) is 0 Å². The third-order valence-corrected chi connectivity index (χ3v) is 7.52. The van der Waals surface area contributed by atoms with Gasteiger partial charge in [0.1, 0.15) is 0 Å². The number of anilines is 2. The molecule has 0 bridgehead atoms. The van der Waals surface area contributed by atoms with E-state index in [9.17, 15) is 9.59 Å². The summed E-state index contributed by atoms with van der Waals surface area (Å²) in [6.07, 6.45) is 2.13. The molecule has 9 heteroatoms. The van der Waals surface area contributed by atoms with E-state index in [4.69, 9.17) is 4.98 Å². The van der Waals surface area contributed by atoms with Gasteiger partial charge in [-0.05, 0) is 48.7 Å². The fraction of sp³-hybridized carbons (Fsp3) is 0.222. The molecule has 1 saturated heterocycles. The predicted molar refractivity (Wildman–Crippen MR) is 149 cm³/mol. The number of rotatable bonds is 6. The molecule has 3 amide bonds. The first kappa shape index (κ1) is 24.3. The zero-order chi connectivity index (χ0) is 24.9. The van der Waals surface area contributed by atoms with Crippen molar-refractivity contribution in [1.82, 2.24) is 14.2 Å².